The van der Waals surface area contributed by atoms with Crippen LogP contribution in [-0.4, -0.2) is 37.4 Å². The number of nitrogens with zero attached hydrogens (tertiary/aromatic N) is 3. The van der Waals surface area contributed by atoms with Crippen LogP contribution < -0.4 is 14.2 Å². The van der Waals surface area contributed by atoms with Gasteiger partial charge in [0.15, 0.2) is 11.5 Å². The van der Waals surface area contributed by atoms with Gasteiger partial charge in [0.05, 0.1) is 38.2 Å². The summed E-state index contributed by atoms with van der Waals surface area (Å²) >= 11 is 0. The summed E-state index contributed by atoms with van der Waals surface area (Å²) in [6.45, 7) is 0.387. The SMILES string of the molecule is COc1cccc(Cn2cc(NS(=O)(=O)c3cccc4cccnc34)cn2)c1OC. The Morgan fingerprint density at radius 2 is 1.83 bits per heavy atom. The van der Waals surface area contributed by atoms with Crippen molar-refractivity contribution in [2.24, 2.45) is 0 Å². The number of aromatic nitrogens is 3. The monoisotopic (exact) mass is 424 g/mol. The van der Waals surface area contributed by atoms with Crippen molar-refractivity contribution in [1.82, 2.24) is 14.8 Å². The molecule has 0 radical (unpaired) electrons. The zero-order valence-electron chi connectivity index (χ0n) is 16.4. The molecule has 0 amide bonds. The molecular weight excluding hydrogens is 404 g/mol. The summed E-state index contributed by atoms with van der Waals surface area (Å²) in [5, 5.41) is 5.01. The molecule has 1 N–H and O–H groups in total. The van der Waals surface area contributed by atoms with E-state index in [4.69, 9.17) is 9.47 Å². The van der Waals surface area contributed by atoms with E-state index in [-0.39, 0.29) is 4.90 Å². The van der Waals surface area contributed by atoms with Crippen LogP contribution in [0.4, 0.5) is 5.69 Å². The van der Waals surface area contributed by atoms with Gasteiger partial charge in [-0.3, -0.25) is 14.4 Å². The summed E-state index contributed by atoms with van der Waals surface area (Å²) < 4.78 is 40.8. The van der Waals surface area contributed by atoms with Crippen molar-refractivity contribution >= 4 is 26.6 Å². The van der Waals surface area contributed by atoms with Crippen LogP contribution >= 0.6 is 0 Å². The van der Waals surface area contributed by atoms with Crippen LogP contribution in [0.1, 0.15) is 5.56 Å². The molecule has 0 aliphatic carbocycles. The van der Waals surface area contributed by atoms with Gasteiger partial charge in [-0.05, 0) is 18.2 Å². The maximum atomic E-state index is 12.9. The van der Waals surface area contributed by atoms with Gasteiger partial charge in [-0.25, -0.2) is 8.42 Å². The lowest BCUT2D eigenvalue weighted by Crippen LogP contribution is -2.13. The van der Waals surface area contributed by atoms with Crippen LogP contribution in [0.25, 0.3) is 10.9 Å². The predicted octanol–water partition coefficient (Wildman–Crippen LogP) is 3.30. The third-order valence-corrected chi connectivity index (χ3v) is 6.00. The van der Waals surface area contributed by atoms with Crippen molar-refractivity contribution in [3.63, 3.8) is 0 Å². The van der Waals surface area contributed by atoms with Crippen molar-refractivity contribution in [3.05, 3.63) is 72.7 Å². The predicted molar refractivity (Wildman–Crippen MR) is 113 cm³/mol. The zero-order valence-corrected chi connectivity index (χ0v) is 17.3. The molecule has 2 aromatic carbocycles. The standard InChI is InChI=1S/C21H20N4O4S/c1-28-18-9-3-7-16(21(18)29-2)13-25-14-17(12-23-25)24-30(26,27)19-10-4-6-15-8-5-11-22-20(15)19/h3-12,14,24H,13H2,1-2H3. The van der Waals surface area contributed by atoms with Crippen LogP contribution in [0.3, 0.4) is 0 Å². The number of sulfonamides is 1. The summed E-state index contributed by atoms with van der Waals surface area (Å²) in [5.41, 5.74) is 1.62. The van der Waals surface area contributed by atoms with E-state index >= 15 is 0 Å². The summed E-state index contributed by atoms with van der Waals surface area (Å²) in [7, 11) is -0.688. The molecule has 0 atom stereocenters. The summed E-state index contributed by atoms with van der Waals surface area (Å²) in [6.07, 6.45) is 4.65. The number of hydrogen-bond acceptors (Lipinski definition) is 6. The Labute approximate surface area is 174 Å². The van der Waals surface area contributed by atoms with Crippen LogP contribution in [0.2, 0.25) is 0 Å². The van der Waals surface area contributed by atoms with Gasteiger partial charge in [-0.15, -0.1) is 0 Å². The highest BCUT2D eigenvalue weighted by molar-refractivity contribution is 7.93. The number of para-hydroxylation sites is 2. The number of nitrogens with one attached hydrogen (secondary N) is 1. The van der Waals surface area contributed by atoms with E-state index in [2.05, 4.69) is 14.8 Å². The first-order valence-corrected chi connectivity index (χ1v) is 10.6. The average molecular weight is 424 g/mol. The van der Waals surface area contributed by atoms with Crippen LogP contribution in [0.15, 0.2) is 72.0 Å². The van der Waals surface area contributed by atoms with Gasteiger partial charge < -0.3 is 9.47 Å². The third kappa shape index (κ3) is 3.79. The van der Waals surface area contributed by atoms with Crippen molar-refractivity contribution in [3.8, 4) is 11.5 Å². The summed E-state index contributed by atoms with van der Waals surface area (Å²) in [5.74, 6) is 1.23. The van der Waals surface area contributed by atoms with E-state index in [1.807, 2.05) is 30.3 Å². The molecule has 0 spiro atoms. The minimum absolute atomic E-state index is 0.114. The Bertz CT molecular complexity index is 1300. The number of hydrogen-bond donors (Lipinski definition) is 1. The Hall–Kier alpha value is -3.59. The van der Waals surface area contributed by atoms with E-state index in [1.165, 1.54) is 12.3 Å². The highest BCUT2D eigenvalue weighted by atomic mass is 32.2. The third-order valence-electron chi connectivity index (χ3n) is 4.59. The fourth-order valence-electron chi connectivity index (χ4n) is 3.26. The average Bonchev–Trinajstić information content (AvgIpc) is 3.19. The maximum Gasteiger partial charge on any atom is 0.264 e. The van der Waals surface area contributed by atoms with Crippen molar-refractivity contribution in [2.45, 2.75) is 11.4 Å². The number of methoxy groups -OCH3 is 2. The molecule has 8 nitrogen and oxygen atoms in total. The highest BCUT2D eigenvalue weighted by Gasteiger charge is 2.19. The summed E-state index contributed by atoms with van der Waals surface area (Å²) in [6, 6.07) is 14.2. The lowest BCUT2D eigenvalue weighted by molar-refractivity contribution is 0.350. The van der Waals surface area contributed by atoms with E-state index in [1.54, 1.807) is 43.4 Å². The fraction of sp³-hybridized carbons (Fsp3) is 0.143. The van der Waals surface area contributed by atoms with Gasteiger partial charge in [0.25, 0.3) is 10.0 Å². The van der Waals surface area contributed by atoms with Gasteiger partial charge in [-0.1, -0.05) is 30.3 Å². The lowest BCUT2D eigenvalue weighted by atomic mass is 10.2. The molecule has 30 heavy (non-hydrogen) atoms. The number of fused-ring (bicyclic) bond motifs is 1. The van der Waals surface area contributed by atoms with Crippen LogP contribution in [-0.2, 0) is 16.6 Å². The second-order valence-corrected chi connectivity index (χ2v) is 8.17. The van der Waals surface area contributed by atoms with Gasteiger partial charge in [0.1, 0.15) is 4.90 Å². The molecule has 0 bridgehead atoms. The van der Waals surface area contributed by atoms with E-state index in [0.29, 0.717) is 29.2 Å². The molecule has 2 heterocycles. The largest absolute Gasteiger partial charge is 0.493 e. The Morgan fingerprint density at radius 3 is 2.63 bits per heavy atom. The van der Waals surface area contributed by atoms with Gasteiger partial charge in [-0.2, -0.15) is 5.10 Å². The van der Waals surface area contributed by atoms with Gasteiger partial charge in [0, 0.05) is 23.3 Å². The molecule has 9 heteroatoms. The number of pyridine rings is 1. The molecule has 0 aliphatic rings. The number of benzene rings is 2. The van der Waals surface area contributed by atoms with E-state index < -0.39 is 10.0 Å². The summed E-state index contributed by atoms with van der Waals surface area (Å²) in [4.78, 5) is 4.33. The molecule has 154 valence electrons. The molecule has 0 saturated heterocycles. The molecule has 0 aliphatic heterocycles. The normalized spacial score (nSPS) is 11.4. The van der Waals surface area contributed by atoms with Crippen molar-refractivity contribution in [1.29, 1.82) is 0 Å². The second-order valence-electron chi connectivity index (χ2n) is 6.52. The first-order valence-electron chi connectivity index (χ1n) is 9.11. The number of anilines is 1. The minimum Gasteiger partial charge on any atom is -0.493 e. The molecule has 2 aromatic heterocycles. The first kappa shape index (κ1) is 19.7. The fourth-order valence-corrected chi connectivity index (χ4v) is 4.47. The zero-order chi connectivity index (χ0) is 21.1. The Morgan fingerprint density at radius 1 is 1.03 bits per heavy atom. The van der Waals surface area contributed by atoms with Crippen molar-refractivity contribution in [2.75, 3.05) is 18.9 Å². The number of rotatable bonds is 7. The topological polar surface area (TPSA) is 95.3 Å². The van der Waals surface area contributed by atoms with E-state index in [0.717, 1.165) is 10.9 Å². The lowest BCUT2D eigenvalue weighted by Gasteiger charge is -2.12. The van der Waals surface area contributed by atoms with Crippen molar-refractivity contribution < 1.29 is 17.9 Å². The van der Waals surface area contributed by atoms with Crippen LogP contribution in [0.5, 0.6) is 11.5 Å². The smallest absolute Gasteiger partial charge is 0.264 e. The molecule has 0 fully saturated rings. The highest BCUT2D eigenvalue weighted by Crippen LogP contribution is 2.31. The van der Waals surface area contributed by atoms with Crippen LogP contribution in [0, 0.1) is 0 Å². The molecular formula is C21H20N4O4S. The van der Waals surface area contributed by atoms with E-state index in [9.17, 15) is 8.42 Å². The minimum atomic E-state index is -3.83. The second kappa shape index (κ2) is 8.03. The molecule has 0 unspecified atom stereocenters. The Balaban J connectivity index is 1.59. The number of ether oxygens (including phenoxy) is 2. The maximum absolute atomic E-state index is 12.9. The van der Waals surface area contributed by atoms with Gasteiger partial charge >= 0.3 is 0 Å². The van der Waals surface area contributed by atoms with Gasteiger partial charge in [0.2, 0.25) is 0 Å². The molecule has 4 aromatic rings. The Kier molecular flexibility index (Phi) is 5.28. The first-order chi connectivity index (χ1) is 14.5. The quantitative estimate of drug-likeness (QED) is 0.489. The molecule has 4 rings (SSSR count). The molecule has 0 saturated carbocycles.